The Bertz CT molecular complexity index is 814. The minimum Gasteiger partial charge on any atom is -0.295 e. The Kier molecular flexibility index (Phi) is 4.07. The highest BCUT2D eigenvalue weighted by atomic mass is 35.5. The van der Waals surface area contributed by atoms with Crippen molar-refractivity contribution in [2.75, 3.05) is 5.88 Å². The molecule has 21 heavy (non-hydrogen) atoms. The molecule has 2 aromatic carbocycles. The molecule has 6 heteroatoms. The van der Waals surface area contributed by atoms with E-state index in [-0.39, 0.29) is 5.02 Å². The molecule has 1 aromatic heterocycles. The average Bonchev–Trinajstić information content (AvgIpc) is 2.78. The van der Waals surface area contributed by atoms with Gasteiger partial charge in [0.1, 0.15) is 11.6 Å². The van der Waals surface area contributed by atoms with Crippen LogP contribution in [0.3, 0.4) is 0 Å². The van der Waals surface area contributed by atoms with Gasteiger partial charge >= 0.3 is 0 Å². The summed E-state index contributed by atoms with van der Waals surface area (Å²) in [5.41, 5.74) is 1.97. The van der Waals surface area contributed by atoms with Gasteiger partial charge in [-0.05, 0) is 18.2 Å². The van der Waals surface area contributed by atoms with E-state index >= 15 is 0 Å². The predicted octanol–water partition coefficient (Wildman–Crippen LogP) is 5.25. The molecule has 0 aliphatic rings. The van der Waals surface area contributed by atoms with E-state index in [4.69, 9.17) is 34.8 Å². The van der Waals surface area contributed by atoms with Gasteiger partial charge in [0.05, 0.1) is 26.8 Å². The highest BCUT2D eigenvalue weighted by Gasteiger charge is 2.16. The molecule has 0 amide bonds. The number of aromatic nitrogens is 2. The SMILES string of the molecule is Fc1cc2c(cc1Cl)nc(CCCl)n2-c1ccccc1Cl. The molecule has 3 aromatic rings. The van der Waals surface area contributed by atoms with Gasteiger partial charge in [-0.3, -0.25) is 4.57 Å². The molecule has 0 N–H and O–H groups in total. The lowest BCUT2D eigenvalue weighted by Crippen LogP contribution is -2.03. The van der Waals surface area contributed by atoms with Gasteiger partial charge in [-0.1, -0.05) is 35.3 Å². The first-order valence-electron chi connectivity index (χ1n) is 6.29. The van der Waals surface area contributed by atoms with Gasteiger partial charge < -0.3 is 0 Å². The second kappa shape index (κ2) is 5.84. The smallest absolute Gasteiger partial charge is 0.144 e. The van der Waals surface area contributed by atoms with Crippen molar-refractivity contribution in [2.24, 2.45) is 0 Å². The lowest BCUT2D eigenvalue weighted by molar-refractivity contribution is 0.629. The van der Waals surface area contributed by atoms with Gasteiger partial charge in [0, 0.05) is 18.4 Å². The summed E-state index contributed by atoms with van der Waals surface area (Å²) in [5, 5.41) is 0.603. The minimum atomic E-state index is -0.491. The van der Waals surface area contributed by atoms with Crippen LogP contribution in [0.4, 0.5) is 4.39 Å². The highest BCUT2D eigenvalue weighted by molar-refractivity contribution is 6.32. The maximum absolute atomic E-state index is 13.8. The van der Waals surface area contributed by atoms with Crippen LogP contribution in [-0.4, -0.2) is 15.4 Å². The van der Waals surface area contributed by atoms with Crippen molar-refractivity contribution < 1.29 is 4.39 Å². The highest BCUT2D eigenvalue weighted by Crippen LogP contribution is 2.29. The standard InChI is InChI=1S/C15H10Cl3FN2/c16-6-5-15-20-12-7-10(18)11(19)8-14(12)21(15)13-4-2-1-3-9(13)17/h1-4,7-8H,5-6H2. The first kappa shape index (κ1) is 14.6. The third-order valence-electron chi connectivity index (χ3n) is 3.18. The Morgan fingerprint density at radius 1 is 1.10 bits per heavy atom. The Hall–Kier alpha value is -1.29. The van der Waals surface area contributed by atoms with E-state index in [1.54, 1.807) is 6.07 Å². The second-order valence-electron chi connectivity index (χ2n) is 4.51. The van der Waals surface area contributed by atoms with E-state index in [0.717, 1.165) is 11.5 Å². The molecule has 0 aliphatic carbocycles. The van der Waals surface area contributed by atoms with Gasteiger partial charge in [-0.2, -0.15) is 0 Å². The van der Waals surface area contributed by atoms with E-state index in [9.17, 15) is 4.39 Å². The van der Waals surface area contributed by atoms with Crippen LogP contribution < -0.4 is 0 Å². The maximum atomic E-state index is 13.8. The van der Waals surface area contributed by atoms with E-state index in [1.807, 2.05) is 22.8 Å². The fourth-order valence-corrected chi connectivity index (χ4v) is 2.82. The zero-order valence-corrected chi connectivity index (χ0v) is 13.1. The van der Waals surface area contributed by atoms with Crippen LogP contribution in [0, 0.1) is 5.82 Å². The molecular formula is C15H10Cl3FN2. The van der Waals surface area contributed by atoms with Crippen LogP contribution >= 0.6 is 34.8 Å². The molecule has 0 saturated carbocycles. The summed E-state index contributed by atoms with van der Waals surface area (Å²) in [6, 6.07) is 10.2. The number of fused-ring (bicyclic) bond motifs is 1. The van der Waals surface area contributed by atoms with Crippen molar-refractivity contribution in [3.63, 3.8) is 0 Å². The molecule has 0 spiro atoms. The summed E-state index contributed by atoms with van der Waals surface area (Å²) in [6.45, 7) is 0. The summed E-state index contributed by atoms with van der Waals surface area (Å²) in [4.78, 5) is 4.49. The Morgan fingerprint density at radius 2 is 1.86 bits per heavy atom. The van der Waals surface area contributed by atoms with Crippen molar-refractivity contribution in [3.05, 3.63) is 58.1 Å². The van der Waals surface area contributed by atoms with Crippen molar-refractivity contribution in [2.45, 2.75) is 6.42 Å². The average molecular weight is 344 g/mol. The molecule has 0 aliphatic heterocycles. The number of rotatable bonds is 3. The summed E-state index contributed by atoms with van der Waals surface area (Å²) in [7, 11) is 0. The number of hydrogen-bond donors (Lipinski definition) is 0. The predicted molar refractivity (Wildman–Crippen MR) is 85.5 cm³/mol. The number of nitrogens with zero attached hydrogens (tertiary/aromatic N) is 2. The fraction of sp³-hybridized carbons (Fsp3) is 0.133. The van der Waals surface area contributed by atoms with Crippen LogP contribution in [0.25, 0.3) is 16.7 Å². The lowest BCUT2D eigenvalue weighted by Gasteiger charge is -2.10. The van der Waals surface area contributed by atoms with Gasteiger partial charge in [0.15, 0.2) is 0 Å². The molecule has 2 nitrogen and oxygen atoms in total. The zero-order valence-electron chi connectivity index (χ0n) is 10.8. The minimum absolute atomic E-state index is 0.0451. The van der Waals surface area contributed by atoms with Gasteiger partial charge in [-0.15, -0.1) is 11.6 Å². The third kappa shape index (κ3) is 2.61. The molecule has 108 valence electrons. The maximum Gasteiger partial charge on any atom is 0.144 e. The van der Waals surface area contributed by atoms with Gasteiger partial charge in [0.2, 0.25) is 0 Å². The van der Waals surface area contributed by atoms with E-state index < -0.39 is 5.82 Å². The summed E-state index contributed by atoms with van der Waals surface area (Å²) in [5.74, 6) is 0.633. The van der Waals surface area contributed by atoms with Crippen LogP contribution in [-0.2, 0) is 6.42 Å². The first-order chi connectivity index (χ1) is 10.1. The molecule has 0 fully saturated rings. The number of aryl methyl sites for hydroxylation is 1. The van der Waals surface area contributed by atoms with Gasteiger partial charge in [-0.25, -0.2) is 9.37 Å². The molecular weight excluding hydrogens is 334 g/mol. The van der Waals surface area contributed by atoms with Gasteiger partial charge in [0.25, 0.3) is 0 Å². The number of alkyl halides is 1. The molecule has 1 heterocycles. The van der Waals surface area contributed by atoms with Crippen LogP contribution in [0.5, 0.6) is 0 Å². The molecule has 0 atom stereocenters. The number of hydrogen-bond acceptors (Lipinski definition) is 1. The van der Waals surface area contributed by atoms with E-state index in [1.165, 1.54) is 12.1 Å². The Labute approximate surface area is 136 Å². The largest absolute Gasteiger partial charge is 0.295 e. The Morgan fingerprint density at radius 3 is 2.57 bits per heavy atom. The molecule has 0 unspecified atom stereocenters. The molecule has 0 saturated heterocycles. The lowest BCUT2D eigenvalue weighted by atomic mass is 10.2. The van der Waals surface area contributed by atoms with E-state index in [0.29, 0.717) is 28.4 Å². The normalized spacial score (nSPS) is 11.2. The summed E-state index contributed by atoms with van der Waals surface area (Å²) in [6.07, 6.45) is 0.542. The molecule has 3 rings (SSSR count). The first-order valence-corrected chi connectivity index (χ1v) is 7.58. The number of imidazole rings is 1. The van der Waals surface area contributed by atoms with Crippen molar-refractivity contribution in [3.8, 4) is 5.69 Å². The van der Waals surface area contributed by atoms with Crippen LogP contribution in [0.1, 0.15) is 5.82 Å². The van der Waals surface area contributed by atoms with Crippen molar-refractivity contribution >= 4 is 45.8 Å². The second-order valence-corrected chi connectivity index (χ2v) is 5.70. The Balaban J connectivity index is 2.35. The summed E-state index contributed by atoms with van der Waals surface area (Å²) < 4.78 is 15.6. The number of benzene rings is 2. The summed E-state index contributed by atoms with van der Waals surface area (Å²) >= 11 is 17.9. The third-order valence-corrected chi connectivity index (χ3v) is 3.98. The monoisotopic (exact) mass is 342 g/mol. The topological polar surface area (TPSA) is 17.8 Å². The fourth-order valence-electron chi connectivity index (χ4n) is 2.28. The van der Waals surface area contributed by atoms with Crippen LogP contribution in [0.15, 0.2) is 36.4 Å². The zero-order chi connectivity index (χ0) is 15.0. The van der Waals surface area contributed by atoms with Crippen molar-refractivity contribution in [1.29, 1.82) is 0 Å². The number of halogens is 4. The quantitative estimate of drug-likeness (QED) is 0.594. The molecule has 0 bridgehead atoms. The van der Waals surface area contributed by atoms with Crippen molar-refractivity contribution in [1.82, 2.24) is 9.55 Å². The number of para-hydroxylation sites is 1. The molecule has 0 radical (unpaired) electrons. The van der Waals surface area contributed by atoms with Crippen LogP contribution in [0.2, 0.25) is 10.0 Å². The van der Waals surface area contributed by atoms with E-state index in [2.05, 4.69) is 4.98 Å².